The minimum Gasteiger partial charge on any atom is -0.508 e. The summed E-state index contributed by atoms with van der Waals surface area (Å²) >= 11 is 0. The van der Waals surface area contributed by atoms with Crippen LogP contribution >= 0.6 is 0 Å². The zero-order chi connectivity index (χ0) is 21.8. The minimum absolute atomic E-state index is 0.257. The van der Waals surface area contributed by atoms with E-state index in [1.165, 1.54) is 17.7 Å². The monoisotopic (exact) mass is 423 g/mol. The normalized spacial score (nSPS) is 15.0. The Morgan fingerprint density at radius 3 is 2.13 bits per heavy atom. The molecule has 2 nitrogen and oxygen atoms in total. The molecule has 5 heteroatoms. The maximum atomic E-state index is 13.0. The van der Waals surface area contributed by atoms with E-state index in [0.717, 1.165) is 55.2 Å². The molecule has 160 valence electrons. The van der Waals surface area contributed by atoms with Gasteiger partial charge in [-0.1, -0.05) is 54.6 Å². The van der Waals surface area contributed by atoms with Gasteiger partial charge in [0.1, 0.15) is 5.75 Å². The second-order valence-corrected chi connectivity index (χ2v) is 7.85. The maximum Gasteiger partial charge on any atom is 0.416 e. The second kappa shape index (κ2) is 8.98. The topological polar surface area (TPSA) is 23.5 Å². The Hall–Kier alpha value is -3.05. The molecule has 0 saturated carbocycles. The van der Waals surface area contributed by atoms with Crippen LogP contribution in [0.2, 0.25) is 0 Å². The van der Waals surface area contributed by atoms with E-state index in [-0.39, 0.29) is 5.75 Å². The maximum absolute atomic E-state index is 13.0. The highest BCUT2D eigenvalue weighted by molar-refractivity contribution is 5.67. The van der Waals surface area contributed by atoms with Crippen LogP contribution in [0, 0.1) is 0 Å². The number of aromatic hydroxyl groups is 1. The first kappa shape index (κ1) is 21.2. The summed E-state index contributed by atoms with van der Waals surface area (Å²) in [5.41, 5.74) is 4.47. The summed E-state index contributed by atoms with van der Waals surface area (Å²) in [7, 11) is 0. The average molecular weight is 423 g/mol. The van der Waals surface area contributed by atoms with Crippen LogP contribution in [0.15, 0.2) is 78.9 Å². The summed E-state index contributed by atoms with van der Waals surface area (Å²) in [5, 5.41) is 9.41. The van der Waals surface area contributed by atoms with Gasteiger partial charge in [0.05, 0.1) is 5.56 Å². The fraction of sp³-hybridized carbons (Fsp3) is 0.231. The predicted molar refractivity (Wildman–Crippen MR) is 118 cm³/mol. The van der Waals surface area contributed by atoms with Crippen molar-refractivity contribution in [1.82, 2.24) is 4.90 Å². The lowest BCUT2D eigenvalue weighted by atomic mass is 9.97. The van der Waals surface area contributed by atoms with Crippen LogP contribution in [0.5, 0.6) is 5.75 Å². The molecule has 0 saturated heterocycles. The Morgan fingerprint density at radius 2 is 1.52 bits per heavy atom. The first-order valence-corrected chi connectivity index (χ1v) is 10.4. The van der Waals surface area contributed by atoms with Crippen molar-refractivity contribution in [2.45, 2.75) is 19.0 Å². The van der Waals surface area contributed by atoms with Crippen LogP contribution in [0.4, 0.5) is 13.2 Å². The number of phenols is 1. The largest absolute Gasteiger partial charge is 0.508 e. The number of halogens is 3. The molecule has 0 atom stereocenters. The van der Waals surface area contributed by atoms with E-state index >= 15 is 0 Å². The molecular formula is C26H24F3NO. The van der Waals surface area contributed by atoms with Crippen LogP contribution in [0.1, 0.15) is 23.1 Å². The van der Waals surface area contributed by atoms with Gasteiger partial charge in [0, 0.05) is 19.6 Å². The Balaban J connectivity index is 1.33. The molecule has 1 N–H and O–H groups in total. The van der Waals surface area contributed by atoms with Crippen molar-refractivity contribution >= 4 is 5.57 Å². The Kier molecular flexibility index (Phi) is 6.14. The highest BCUT2D eigenvalue weighted by atomic mass is 19.4. The van der Waals surface area contributed by atoms with Gasteiger partial charge < -0.3 is 5.11 Å². The van der Waals surface area contributed by atoms with E-state index < -0.39 is 11.7 Å². The van der Waals surface area contributed by atoms with Gasteiger partial charge >= 0.3 is 6.18 Å². The van der Waals surface area contributed by atoms with Gasteiger partial charge in [0.2, 0.25) is 0 Å². The predicted octanol–water partition coefficient (Wildman–Crippen LogP) is 6.41. The van der Waals surface area contributed by atoms with Gasteiger partial charge in [-0.2, -0.15) is 13.2 Å². The van der Waals surface area contributed by atoms with Crippen molar-refractivity contribution in [1.29, 1.82) is 0 Å². The molecule has 1 aliphatic heterocycles. The lowest BCUT2D eigenvalue weighted by molar-refractivity contribution is -0.137. The molecule has 1 aliphatic rings. The Bertz CT molecular complexity index is 1050. The molecule has 0 unspecified atom stereocenters. The SMILES string of the molecule is Oc1ccc(-c2ccc(CCN3CC=C(c4cccc(C(F)(F)F)c4)CC3)cc2)cc1. The van der Waals surface area contributed by atoms with Crippen LogP contribution in [-0.4, -0.2) is 29.6 Å². The third kappa shape index (κ3) is 5.36. The molecule has 0 amide bonds. The molecule has 0 spiro atoms. The smallest absolute Gasteiger partial charge is 0.416 e. The standard InChI is InChI=1S/C26H24F3NO/c27-26(28,29)24-3-1-2-23(18-24)22-13-16-30(17-14-22)15-12-19-4-6-20(7-5-19)21-8-10-25(31)11-9-21/h1-11,13,18,31H,12,14-17H2. The molecule has 1 heterocycles. The minimum atomic E-state index is -4.31. The van der Waals surface area contributed by atoms with Crippen molar-refractivity contribution in [3.63, 3.8) is 0 Å². The molecule has 0 fully saturated rings. The quantitative estimate of drug-likeness (QED) is 0.513. The van der Waals surface area contributed by atoms with Gasteiger partial charge in [-0.3, -0.25) is 4.90 Å². The number of alkyl halides is 3. The summed E-state index contributed by atoms with van der Waals surface area (Å²) < 4.78 is 38.9. The zero-order valence-corrected chi connectivity index (χ0v) is 17.1. The average Bonchev–Trinajstić information content (AvgIpc) is 2.78. The number of rotatable bonds is 5. The molecule has 31 heavy (non-hydrogen) atoms. The summed E-state index contributed by atoms with van der Waals surface area (Å²) in [6.07, 6.45) is -0.592. The van der Waals surface area contributed by atoms with Crippen LogP contribution in [0.25, 0.3) is 16.7 Å². The third-order valence-corrected chi connectivity index (χ3v) is 5.73. The fourth-order valence-corrected chi connectivity index (χ4v) is 3.88. The lowest BCUT2D eigenvalue weighted by Gasteiger charge is -2.26. The van der Waals surface area contributed by atoms with Crippen molar-refractivity contribution in [2.24, 2.45) is 0 Å². The van der Waals surface area contributed by atoms with E-state index in [1.807, 2.05) is 18.2 Å². The molecule has 0 bridgehead atoms. The second-order valence-electron chi connectivity index (χ2n) is 7.85. The van der Waals surface area contributed by atoms with Gasteiger partial charge in [-0.05, 0) is 64.9 Å². The van der Waals surface area contributed by atoms with Crippen molar-refractivity contribution in [2.75, 3.05) is 19.6 Å². The molecule has 0 aliphatic carbocycles. The summed E-state index contributed by atoms with van der Waals surface area (Å²) in [5.74, 6) is 0.257. The lowest BCUT2D eigenvalue weighted by Crippen LogP contribution is -2.30. The molecule has 3 aromatic rings. The summed E-state index contributed by atoms with van der Waals surface area (Å²) in [6, 6.07) is 21.2. The first-order valence-electron chi connectivity index (χ1n) is 10.4. The van der Waals surface area contributed by atoms with Crippen LogP contribution in [-0.2, 0) is 12.6 Å². The fourth-order valence-electron chi connectivity index (χ4n) is 3.88. The van der Waals surface area contributed by atoms with Crippen LogP contribution in [0.3, 0.4) is 0 Å². The molecule has 0 aromatic heterocycles. The first-order chi connectivity index (χ1) is 14.9. The van der Waals surface area contributed by atoms with Gasteiger partial charge in [0.25, 0.3) is 0 Å². The Labute approximate surface area is 180 Å². The van der Waals surface area contributed by atoms with Crippen LogP contribution < -0.4 is 0 Å². The molecular weight excluding hydrogens is 399 g/mol. The van der Waals surface area contributed by atoms with Crippen molar-refractivity contribution < 1.29 is 18.3 Å². The summed E-state index contributed by atoms with van der Waals surface area (Å²) in [6.45, 7) is 2.50. The number of hydrogen-bond acceptors (Lipinski definition) is 2. The molecule has 3 aromatic carbocycles. The molecule has 4 rings (SSSR count). The van der Waals surface area contributed by atoms with Gasteiger partial charge in [0.15, 0.2) is 0 Å². The number of benzene rings is 3. The van der Waals surface area contributed by atoms with Crippen molar-refractivity contribution in [3.05, 3.63) is 95.6 Å². The van der Waals surface area contributed by atoms with Gasteiger partial charge in [-0.15, -0.1) is 0 Å². The Morgan fingerprint density at radius 1 is 0.839 bits per heavy atom. The van der Waals surface area contributed by atoms with Crippen molar-refractivity contribution in [3.8, 4) is 16.9 Å². The van der Waals surface area contributed by atoms with E-state index in [0.29, 0.717) is 5.56 Å². The number of hydrogen-bond donors (Lipinski definition) is 1. The summed E-state index contributed by atoms with van der Waals surface area (Å²) in [4.78, 5) is 2.32. The van der Waals surface area contributed by atoms with E-state index in [1.54, 1.807) is 18.2 Å². The van der Waals surface area contributed by atoms with Gasteiger partial charge in [-0.25, -0.2) is 0 Å². The highest BCUT2D eigenvalue weighted by Crippen LogP contribution is 2.32. The zero-order valence-electron chi connectivity index (χ0n) is 17.1. The van der Waals surface area contributed by atoms with E-state index in [2.05, 4.69) is 29.2 Å². The van der Waals surface area contributed by atoms with E-state index in [9.17, 15) is 18.3 Å². The number of nitrogens with zero attached hydrogens (tertiary/aromatic N) is 1. The third-order valence-electron chi connectivity index (χ3n) is 5.73. The number of phenolic OH excluding ortho intramolecular Hbond substituents is 1. The highest BCUT2D eigenvalue weighted by Gasteiger charge is 2.30. The van der Waals surface area contributed by atoms with E-state index in [4.69, 9.17) is 0 Å². The molecule has 0 radical (unpaired) electrons.